The van der Waals surface area contributed by atoms with Crippen LogP contribution < -0.4 is 20.2 Å². The molecule has 0 spiro atoms. The number of rotatable bonds is 4. The van der Waals surface area contributed by atoms with Gasteiger partial charge in [0, 0.05) is 17.5 Å². The molecule has 22 heavy (non-hydrogen) atoms. The fraction of sp³-hybridized carbons (Fsp3) is 0.273. The van der Waals surface area contributed by atoms with Gasteiger partial charge in [-0.05, 0) is 6.07 Å². The lowest BCUT2D eigenvalue weighted by Gasteiger charge is -2.10. The molecule has 0 unspecified atom stereocenters. The standard InChI is InChI=1S/C11H10F3N5O3/c12-11(13,14)9(20)15-5-6-16-10-17-19(22)8-4-2-1-3-7(8)18(10)21/h1-4H,5-6H2,(H,15,20)(H,16,17). The third-order valence-electron chi connectivity index (χ3n) is 2.64. The summed E-state index contributed by atoms with van der Waals surface area (Å²) in [6, 6.07) is 5.90. The Morgan fingerprint density at radius 1 is 1.18 bits per heavy atom. The van der Waals surface area contributed by atoms with Crippen molar-refractivity contribution in [2.45, 2.75) is 6.18 Å². The molecule has 0 aliphatic rings. The molecule has 0 radical (unpaired) electrons. The summed E-state index contributed by atoms with van der Waals surface area (Å²) in [5, 5.41) is 31.0. The molecule has 0 saturated heterocycles. The Morgan fingerprint density at radius 2 is 1.82 bits per heavy atom. The maximum Gasteiger partial charge on any atom is 0.471 e. The lowest BCUT2D eigenvalue weighted by molar-refractivity contribution is -0.672. The number of carbonyl (C=O) groups excluding carboxylic acids is 1. The first-order valence-electron chi connectivity index (χ1n) is 6.02. The lowest BCUT2D eigenvalue weighted by atomic mass is 10.3. The van der Waals surface area contributed by atoms with E-state index in [0.717, 1.165) is 0 Å². The summed E-state index contributed by atoms with van der Waals surface area (Å²) in [5.41, 5.74) is 0.0998. The van der Waals surface area contributed by atoms with E-state index in [1.807, 2.05) is 0 Å². The van der Waals surface area contributed by atoms with Crippen LogP contribution in [0.25, 0.3) is 11.0 Å². The van der Waals surface area contributed by atoms with Gasteiger partial charge in [0.15, 0.2) is 5.52 Å². The molecule has 1 aromatic heterocycles. The largest absolute Gasteiger partial charge is 0.739 e. The molecule has 0 fully saturated rings. The van der Waals surface area contributed by atoms with Gasteiger partial charge in [-0.1, -0.05) is 12.1 Å². The molecule has 2 rings (SSSR count). The van der Waals surface area contributed by atoms with Crippen LogP contribution in [0.2, 0.25) is 0 Å². The van der Waals surface area contributed by atoms with Crippen molar-refractivity contribution >= 4 is 22.9 Å². The SMILES string of the molecule is O=C(NCCNc1n[n+]([O-])c2ccccc2[n+]1[O-])C(F)(F)F. The first-order chi connectivity index (χ1) is 10.3. The molecular weight excluding hydrogens is 307 g/mol. The smallest absolute Gasteiger partial charge is 0.471 e. The van der Waals surface area contributed by atoms with Gasteiger partial charge >= 0.3 is 18.0 Å². The fourth-order valence-electron chi connectivity index (χ4n) is 1.65. The summed E-state index contributed by atoms with van der Waals surface area (Å²) in [4.78, 5) is 10.8. The minimum atomic E-state index is -4.97. The van der Waals surface area contributed by atoms with Crippen molar-refractivity contribution in [1.29, 1.82) is 0 Å². The lowest BCUT2D eigenvalue weighted by Crippen LogP contribution is -2.45. The molecule has 8 nitrogen and oxygen atoms in total. The molecular formula is C11H10F3N5O3. The van der Waals surface area contributed by atoms with Gasteiger partial charge < -0.3 is 15.7 Å². The number of hydrogen-bond acceptors (Lipinski definition) is 5. The second kappa shape index (κ2) is 5.87. The number of amides is 1. The van der Waals surface area contributed by atoms with Crippen LogP contribution in [-0.4, -0.2) is 30.3 Å². The first kappa shape index (κ1) is 15.5. The molecule has 118 valence electrons. The van der Waals surface area contributed by atoms with E-state index >= 15 is 0 Å². The fourth-order valence-corrected chi connectivity index (χ4v) is 1.65. The molecule has 0 aliphatic heterocycles. The van der Waals surface area contributed by atoms with Crippen LogP contribution in [0.5, 0.6) is 0 Å². The van der Waals surface area contributed by atoms with Crippen LogP contribution in [-0.2, 0) is 4.79 Å². The van der Waals surface area contributed by atoms with Crippen LogP contribution in [0.1, 0.15) is 0 Å². The summed E-state index contributed by atoms with van der Waals surface area (Å²) in [6.07, 6.45) is -4.97. The van der Waals surface area contributed by atoms with Crippen molar-refractivity contribution in [2.24, 2.45) is 0 Å². The Bertz CT molecular complexity index is 707. The van der Waals surface area contributed by atoms with E-state index in [1.54, 1.807) is 17.4 Å². The van der Waals surface area contributed by atoms with E-state index in [2.05, 4.69) is 10.4 Å². The topological polar surface area (TPSA) is 108 Å². The number of alkyl halides is 3. The molecule has 1 aromatic carbocycles. The van der Waals surface area contributed by atoms with E-state index in [-0.39, 0.29) is 28.4 Å². The van der Waals surface area contributed by atoms with E-state index in [0.29, 0.717) is 4.73 Å². The van der Waals surface area contributed by atoms with Crippen molar-refractivity contribution in [3.05, 3.63) is 34.7 Å². The van der Waals surface area contributed by atoms with E-state index in [4.69, 9.17) is 0 Å². The quantitative estimate of drug-likeness (QED) is 0.453. The number of halogens is 3. The van der Waals surface area contributed by atoms with Gasteiger partial charge in [-0.3, -0.25) is 10.1 Å². The third-order valence-corrected chi connectivity index (χ3v) is 2.64. The van der Waals surface area contributed by atoms with Gasteiger partial charge in [0.05, 0.1) is 6.54 Å². The van der Waals surface area contributed by atoms with Crippen LogP contribution in [0.3, 0.4) is 0 Å². The zero-order valence-electron chi connectivity index (χ0n) is 10.9. The second-order valence-electron chi connectivity index (χ2n) is 4.16. The number of aromatic nitrogens is 3. The highest BCUT2D eigenvalue weighted by Gasteiger charge is 2.38. The van der Waals surface area contributed by atoms with Crippen molar-refractivity contribution in [2.75, 3.05) is 18.4 Å². The van der Waals surface area contributed by atoms with Gasteiger partial charge in [0.1, 0.15) is 0 Å². The molecule has 1 amide bonds. The van der Waals surface area contributed by atoms with Crippen molar-refractivity contribution in [3.63, 3.8) is 0 Å². The van der Waals surface area contributed by atoms with Gasteiger partial charge in [0.2, 0.25) is 5.10 Å². The number of nitrogens with one attached hydrogen (secondary N) is 2. The highest BCUT2D eigenvalue weighted by atomic mass is 19.4. The number of anilines is 1. The van der Waals surface area contributed by atoms with Crippen molar-refractivity contribution in [3.8, 4) is 0 Å². The number of benzene rings is 1. The van der Waals surface area contributed by atoms with Crippen LogP contribution in [0.4, 0.5) is 19.1 Å². The van der Waals surface area contributed by atoms with E-state index in [9.17, 15) is 28.4 Å². The molecule has 2 aromatic rings. The maximum absolute atomic E-state index is 11.9. The summed E-state index contributed by atoms with van der Waals surface area (Å²) in [5.74, 6) is -2.47. The molecule has 0 atom stereocenters. The normalized spacial score (nSPS) is 11.4. The number of fused-ring (bicyclic) bond motifs is 1. The van der Waals surface area contributed by atoms with Gasteiger partial charge in [-0.25, -0.2) is 4.73 Å². The maximum atomic E-state index is 11.9. The molecule has 0 aliphatic carbocycles. The minimum Gasteiger partial charge on any atom is -0.739 e. The Balaban J connectivity index is 2.04. The highest BCUT2D eigenvalue weighted by Crippen LogP contribution is 2.13. The Morgan fingerprint density at radius 3 is 2.45 bits per heavy atom. The second-order valence-corrected chi connectivity index (χ2v) is 4.16. The van der Waals surface area contributed by atoms with Crippen molar-refractivity contribution in [1.82, 2.24) is 10.4 Å². The Labute approximate surface area is 121 Å². The van der Waals surface area contributed by atoms with Gasteiger partial charge in [-0.15, -0.1) is 0 Å². The number of nitrogens with zero attached hydrogens (tertiary/aromatic N) is 3. The predicted molar refractivity (Wildman–Crippen MR) is 67.2 cm³/mol. The summed E-state index contributed by atoms with van der Waals surface area (Å²) < 4.78 is 36.2. The molecule has 0 saturated carbocycles. The first-order valence-corrected chi connectivity index (χ1v) is 6.02. The monoisotopic (exact) mass is 317 g/mol. The average molecular weight is 317 g/mol. The number of hydrogen-bond donors (Lipinski definition) is 2. The molecule has 0 bridgehead atoms. The van der Waals surface area contributed by atoms with Crippen LogP contribution >= 0.6 is 0 Å². The zero-order chi connectivity index (χ0) is 16.3. The van der Waals surface area contributed by atoms with Gasteiger partial charge in [0.25, 0.3) is 5.52 Å². The molecule has 2 N–H and O–H groups in total. The summed E-state index contributed by atoms with van der Waals surface area (Å²) in [7, 11) is 0. The minimum absolute atomic E-state index is 0.0495. The molecule has 11 heteroatoms. The van der Waals surface area contributed by atoms with E-state index in [1.165, 1.54) is 12.1 Å². The number of carbonyl (C=O) groups is 1. The highest BCUT2D eigenvalue weighted by molar-refractivity contribution is 5.81. The summed E-state index contributed by atoms with van der Waals surface area (Å²) in [6.45, 7) is -0.610. The van der Waals surface area contributed by atoms with Crippen LogP contribution in [0.15, 0.2) is 24.3 Å². The zero-order valence-corrected chi connectivity index (χ0v) is 10.9. The van der Waals surface area contributed by atoms with Crippen molar-refractivity contribution < 1.29 is 27.5 Å². The predicted octanol–water partition coefficient (Wildman–Crippen LogP) is -0.408. The molecule has 1 heterocycles. The van der Waals surface area contributed by atoms with Crippen LogP contribution in [0, 0.1) is 10.4 Å². The summed E-state index contributed by atoms with van der Waals surface area (Å²) >= 11 is 0. The number of para-hydroxylation sites is 2. The van der Waals surface area contributed by atoms with E-state index < -0.39 is 18.6 Å². The third kappa shape index (κ3) is 3.24. The average Bonchev–Trinajstić information content (AvgIpc) is 2.47. The van der Waals surface area contributed by atoms with Gasteiger partial charge in [-0.2, -0.15) is 13.2 Å². The Hall–Kier alpha value is -2.85. The Kier molecular flexibility index (Phi) is 4.15.